The SMILES string of the molecule is [2H][C@]1(c2ccccc2)O[C@@H]1CCCCCCCCCC. The molecule has 0 radical (unpaired) electrons. The molecule has 0 aliphatic carbocycles. The normalized spacial score (nSPS) is 26.2. The molecule has 2 atom stereocenters. The Bertz CT molecular complexity index is 378. The average Bonchev–Trinajstić information content (AvgIpc) is 3.15. The zero-order valence-electron chi connectivity index (χ0n) is 13.2. The van der Waals surface area contributed by atoms with Gasteiger partial charge in [0.2, 0.25) is 0 Å². The van der Waals surface area contributed by atoms with Gasteiger partial charge in [0.25, 0.3) is 0 Å². The fourth-order valence-electron chi connectivity index (χ4n) is 2.63. The fraction of sp³-hybridized carbons (Fsp3) is 0.667. The van der Waals surface area contributed by atoms with Crippen LogP contribution in [-0.4, -0.2) is 6.10 Å². The molecule has 1 saturated heterocycles. The van der Waals surface area contributed by atoms with E-state index < -0.39 is 6.08 Å². The molecule has 0 N–H and O–H groups in total. The molecule has 2 rings (SSSR count). The largest absolute Gasteiger partial charge is 0.365 e. The van der Waals surface area contributed by atoms with Gasteiger partial charge in [-0.05, 0) is 12.0 Å². The maximum atomic E-state index is 8.31. The van der Waals surface area contributed by atoms with E-state index in [0.29, 0.717) is 0 Å². The zero-order valence-corrected chi connectivity index (χ0v) is 12.2. The van der Waals surface area contributed by atoms with Gasteiger partial charge in [0.1, 0.15) is 6.08 Å². The van der Waals surface area contributed by atoms with E-state index >= 15 is 0 Å². The number of unbranched alkanes of at least 4 members (excludes halogenated alkanes) is 7. The Labute approximate surface area is 119 Å². The fourth-order valence-corrected chi connectivity index (χ4v) is 2.63. The van der Waals surface area contributed by atoms with Crippen LogP contribution in [0.2, 0.25) is 0 Å². The molecular formula is C18H28O. The minimum atomic E-state index is -0.748. The van der Waals surface area contributed by atoms with Crippen molar-refractivity contribution < 1.29 is 6.11 Å². The number of benzene rings is 1. The van der Waals surface area contributed by atoms with Crippen LogP contribution in [0.4, 0.5) is 0 Å². The highest BCUT2D eigenvalue weighted by atomic mass is 16.6. The molecule has 1 aliphatic rings. The predicted octanol–water partition coefficient (Wildman–Crippen LogP) is 5.66. The molecule has 0 aromatic heterocycles. The molecule has 0 saturated carbocycles. The predicted molar refractivity (Wildman–Crippen MR) is 81.3 cm³/mol. The quantitative estimate of drug-likeness (QED) is 0.391. The summed E-state index contributed by atoms with van der Waals surface area (Å²) in [5, 5.41) is 0. The highest BCUT2D eigenvalue weighted by Crippen LogP contribution is 2.41. The maximum absolute atomic E-state index is 8.31. The van der Waals surface area contributed by atoms with Crippen molar-refractivity contribution in [2.75, 3.05) is 0 Å². The van der Waals surface area contributed by atoms with Crippen LogP contribution in [0.25, 0.3) is 0 Å². The highest BCUT2D eigenvalue weighted by molar-refractivity contribution is 5.22. The molecule has 0 unspecified atom stereocenters. The van der Waals surface area contributed by atoms with Crippen LogP contribution >= 0.6 is 0 Å². The van der Waals surface area contributed by atoms with Crippen molar-refractivity contribution in [3.05, 3.63) is 35.9 Å². The minimum Gasteiger partial charge on any atom is -0.365 e. The summed E-state index contributed by atoms with van der Waals surface area (Å²) in [4.78, 5) is 0. The molecule has 1 heteroatoms. The van der Waals surface area contributed by atoms with Crippen LogP contribution < -0.4 is 0 Å². The van der Waals surface area contributed by atoms with Crippen LogP contribution in [0.15, 0.2) is 30.3 Å². The van der Waals surface area contributed by atoms with Crippen molar-refractivity contribution in [3.8, 4) is 0 Å². The summed E-state index contributed by atoms with van der Waals surface area (Å²) in [7, 11) is 0. The van der Waals surface area contributed by atoms with E-state index in [0.717, 1.165) is 12.0 Å². The lowest BCUT2D eigenvalue weighted by Crippen LogP contribution is -1.89. The van der Waals surface area contributed by atoms with E-state index in [-0.39, 0.29) is 6.10 Å². The van der Waals surface area contributed by atoms with Gasteiger partial charge in [-0.15, -0.1) is 0 Å². The van der Waals surface area contributed by atoms with Gasteiger partial charge in [-0.1, -0.05) is 88.6 Å². The summed E-state index contributed by atoms with van der Waals surface area (Å²) >= 11 is 0. The van der Waals surface area contributed by atoms with Crippen molar-refractivity contribution in [1.82, 2.24) is 0 Å². The van der Waals surface area contributed by atoms with Gasteiger partial charge in [-0.25, -0.2) is 0 Å². The minimum absolute atomic E-state index is 0.116. The lowest BCUT2D eigenvalue weighted by atomic mass is 10.0. The molecule has 1 aliphatic heterocycles. The van der Waals surface area contributed by atoms with Crippen LogP contribution in [0.3, 0.4) is 0 Å². The molecule has 1 aromatic carbocycles. The zero-order chi connectivity index (χ0) is 14.3. The molecular weight excluding hydrogens is 232 g/mol. The Morgan fingerprint density at radius 2 is 1.58 bits per heavy atom. The Morgan fingerprint density at radius 3 is 2.26 bits per heavy atom. The summed E-state index contributed by atoms with van der Waals surface area (Å²) in [5.74, 6) is 0. The average molecular weight is 261 g/mol. The van der Waals surface area contributed by atoms with Crippen molar-refractivity contribution in [2.45, 2.75) is 76.9 Å². The summed E-state index contributed by atoms with van der Waals surface area (Å²) in [6.07, 6.45) is 11.1. The second kappa shape index (κ2) is 8.37. The number of epoxide rings is 1. The van der Waals surface area contributed by atoms with Gasteiger partial charge in [-0.3, -0.25) is 0 Å². The lowest BCUT2D eigenvalue weighted by molar-refractivity contribution is 0.360. The summed E-state index contributed by atoms with van der Waals surface area (Å²) in [6.45, 7) is 2.26. The van der Waals surface area contributed by atoms with Crippen molar-refractivity contribution in [3.63, 3.8) is 0 Å². The van der Waals surface area contributed by atoms with E-state index in [2.05, 4.69) is 6.92 Å². The lowest BCUT2D eigenvalue weighted by Gasteiger charge is -2.00. The Balaban J connectivity index is 1.54. The third kappa shape index (κ3) is 5.36. The van der Waals surface area contributed by atoms with Gasteiger partial charge in [0.05, 0.1) is 7.47 Å². The third-order valence-electron chi connectivity index (χ3n) is 3.88. The van der Waals surface area contributed by atoms with Gasteiger partial charge in [-0.2, -0.15) is 0 Å². The first-order valence-electron chi connectivity index (χ1n) is 8.50. The van der Waals surface area contributed by atoms with Gasteiger partial charge < -0.3 is 4.74 Å². The van der Waals surface area contributed by atoms with Crippen molar-refractivity contribution in [2.24, 2.45) is 0 Å². The maximum Gasteiger partial charge on any atom is 0.109 e. The first kappa shape index (κ1) is 13.2. The molecule has 19 heavy (non-hydrogen) atoms. The van der Waals surface area contributed by atoms with Crippen LogP contribution in [0, 0.1) is 0 Å². The summed E-state index contributed by atoms with van der Waals surface area (Å²) < 4.78 is 13.9. The molecule has 1 nitrogen and oxygen atoms in total. The summed E-state index contributed by atoms with van der Waals surface area (Å²) in [6, 6.07) is 9.96. The number of hydrogen-bond acceptors (Lipinski definition) is 1. The van der Waals surface area contributed by atoms with E-state index in [1.807, 2.05) is 30.3 Å². The molecule has 106 valence electrons. The molecule has 1 aromatic rings. The second-order valence-electron chi connectivity index (χ2n) is 5.60. The standard InChI is InChI=1S/C18H28O/c1-2-3-4-5-6-7-8-12-15-17-18(19-17)16-13-10-9-11-14-16/h9-11,13-14,17-18H,2-8,12,15H2,1H3/t17-,18-/m1/s1/i18D. The number of rotatable bonds is 10. The van der Waals surface area contributed by atoms with Gasteiger partial charge in [0, 0.05) is 0 Å². The highest BCUT2D eigenvalue weighted by Gasteiger charge is 2.38. The van der Waals surface area contributed by atoms with E-state index in [9.17, 15) is 0 Å². The van der Waals surface area contributed by atoms with Gasteiger partial charge in [0.15, 0.2) is 0 Å². The van der Waals surface area contributed by atoms with Crippen LogP contribution in [0.1, 0.15) is 77.7 Å². The molecule has 1 heterocycles. The molecule has 0 bridgehead atoms. The topological polar surface area (TPSA) is 12.5 Å². The summed E-state index contributed by atoms with van der Waals surface area (Å²) in [5.41, 5.74) is 1.00. The van der Waals surface area contributed by atoms with Gasteiger partial charge >= 0.3 is 0 Å². The van der Waals surface area contributed by atoms with E-state index in [1.54, 1.807) is 0 Å². The molecule has 0 amide bonds. The second-order valence-corrected chi connectivity index (χ2v) is 5.60. The van der Waals surface area contributed by atoms with E-state index in [1.165, 1.54) is 51.4 Å². The number of hydrogen-bond donors (Lipinski definition) is 0. The van der Waals surface area contributed by atoms with Crippen LogP contribution in [-0.2, 0) is 4.74 Å². The number of ether oxygens (including phenoxy) is 1. The van der Waals surface area contributed by atoms with E-state index in [4.69, 9.17) is 6.11 Å². The smallest absolute Gasteiger partial charge is 0.109 e. The third-order valence-corrected chi connectivity index (χ3v) is 3.88. The molecule has 1 fully saturated rings. The Morgan fingerprint density at radius 1 is 0.947 bits per heavy atom. The first-order valence-corrected chi connectivity index (χ1v) is 8.00. The van der Waals surface area contributed by atoms with Crippen molar-refractivity contribution >= 4 is 0 Å². The first-order chi connectivity index (χ1) is 9.77. The van der Waals surface area contributed by atoms with Crippen LogP contribution in [0.5, 0.6) is 0 Å². The monoisotopic (exact) mass is 261 g/mol. The Hall–Kier alpha value is -0.820. The van der Waals surface area contributed by atoms with Crippen molar-refractivity contribution in [1.29, 1.82) is 0 Å². The molecule has 0 spiro atoms. The Kier molecular flexibility index (Phi) is 5.80.